The van der Waals surface area contributed by atoms with E-state index >= 15 is 0 Å². The lowest BCUT2D eigenvalue weighted by molar-refractivity contribution is 0.206. The molecule has 2 nitrogen and oxygen atoms in total. The fourth-order valence-electron chi connectivity index (χ4n) is 3.45. The highest BCUT2D eigenvalue weighted by molar-refractivity contribution is 4.76. The second kappa shape index (κ2) is 7.38. The molecule has 0 aromatic carbocycles. The van der Waals surface area contributed by atoms with Crippen molar-refractivity contribution in [2.45, 2.75) is 64.3 Å². The summed E-state index contributed by atoms with van der Waals surface area (Å²) in [5.41, 5.74) is 0. The van der Waals surface area contributed by atoms with Crippen LogP contribution in [0.4, 0.5) is 0 Å². The Hall–Kier alpha value is -0.0800. The average Bonchev–Trinajstić information content (AvgIpc) is 2.88. The first-order valence-electron chi connectivity index (χ1n) is 7.84. The summed E-state index contributed by atoms with van der Waals surface area (Å²) in [4.78, 5) is 2.57. The Bertz CT molecular complexity index is 191. The van der Waals surface area contributed by atoms with Crippen molar-refractivity contribution in [3.63, 3.8) is 0 Å². The molecule has 1 saturated heterocycles. The van der Waals surface area contributed by atoms with Gasteiger partial charge in [-0.1, -0.05) is 32.6 Å². The molecule has 17 heavy (non-hydrogen) atoms. The molecule has 0 aromatic rings. The second-order valence-electron chi connectivity index (χ2n) is 5.96. The first kappa shape index (κ1) is 13.4. The molecule has 1 aliphatic heterocycles. The lowest BCUT2D eigenvalue weighted by atomic mass is 10.0. The molecule has 1 saturated carbocycles. The molecule has 0 radical (unpaired) electrons. The van der Waals surface area contributed by atoms with Gasteiger partial charge in [-0.05, 0) is 57.8 Å². The van der Waals surface area contributed by atoms with Gasteiger partial charge in [0.25, 0.3) is 0 Å². The van der Waals surface area contributed by atoms with Crippen LogP contribution < -0.4 is 5.32 Å². The van der Waals surface area contributed by atoms with Crippen molar-refractivity contribution in [3.05, 3.63) is 0 Å². The number of nitrogens with zero attached hydrogens (tertiary/aromatic N) is 1. The summed E-state index contributed by atoms with van der Waals surface area (Å²) < 4.78 is 0. The van der Waals surface area contributed by atoms with Gasteiger partial charge in [-0.25, -0.2) is 0 Å². The predicted molar refractivity (Wildman–Crippen MR) is 74.3 cm³/mol. The Balaban J connectivity index is 1.48. The average molecular weight is 238 g/mol. The maximum Gasteiger partial charge on any atom is 0.00914 e. The summed E-state index contributed by atoms with van der Waals surface area (Å²) in [6.07, 6.45) is 11.6. The predicted octanol–water partition coefficient (Wildman–Crippen LogP) is 3.03. The lowest BCUT2D eigenvalue weighted by Crippen LogP contribution is -2.42. The van der Waals surface area contributed by atoms with E-state index in [1.54, 1.807) is 0 Å². The number of hydrogen-bond acceptors (Lipinski definition) is 2. The molecule has 0 aromatic heterocycles. The largest absolute Gasteiger partial charge is 0.314 e. The van der Waals surface area contributed by atoms with Gasteiger partial charge in [0.15, 0.2) is 0 Å². The molecule has 1 N–H and O–H groups in total. The topological polar surface area (TPSA) is 15.3 Å². The SMILES string of the molecule is CCN1CCC(NCCCC2CCCC2)CC1. The molecule has 2 aliphatic rings. The van der Waals surface area contributed by atoms with Crippen LogP contribution in [0.2, 0.25) is 0 Å². The van der Waals surface area contributed by atoms with Gasteiger partial charge in [0.05, 0.1) is 0 Å². The van der Waals surface area contributed by atoms with Crippen LogP contribution in [0.1, 0.15) is 58.3 Å². The van der Waals surface area contributed by atoms with Crippen LogP contribution in [0.15, 0.2) is 0 Å². The number of likely N-dealkylation sites (tertiary alicyclic amines) is 1. The van der Waals surface area contributed by atoms with Gasteiger partial charge in [-0.3, -0.25) is 0 Å². The van der Waals surface area contributed by atoms with Crippen molar-refractivity contribution in [2.75, 3.05) is 26.2 Å². The van der Waals surface area contributed by atoms with Crippen molar-refractivity contribution in [1.82, 2.24) is 10.2 Å². The highest BCUT2D eigenvalue weighted by atomic mass is 15.1. The minimum Gasteiger partial charge on any atom is -0.314 e. The minimum atomic E-state index is 0.807. The third kappa shape index (κ3) is 4.59. The molecule has 0 unspecified atom stereocenters. The number of nitrogens with one attached hydrogen (secondary N) is 1. The van der Waals surface area contributed by atoms with E-state index in [-0.39, 0.29) is 0 Å². The molecular formula is C15H30N2. The van der Waals surface area contributed by atoms with Crippen LogP contribution in [-0.4, -0.2) is 37.1 Å². The van der Waals surface area contributed by atoms with Gasteiger partial charge in [0, 0.05) is 6.04 Å². The van der Waals surface area contributed by atoms with Crippen molar-refractivity contribution >= 4 is 0 Å². The Morgan fingerprint density at radius 2 is 1.76 bits per heavy atom. The second-order valence-corrected chi connectivity index (χ2v) is 5.96. The summed E-state index contributed by atoms with van der Waals surface area (Å²) in [7, 11) is 0. The maximum absolute atomic E-state index is 3.76. The Morgan fingerprint density at radius 3 is 2.41 bits per heavy atom. The van der Waals surface area contributed by atoms with Crippen molar-refractivity contribution in [1.29, 1.82) is 0 Å². The third-order valence-corrected chi connectivity index (χ3v) is 4.73. The first-order valence-corrected chi connectivity index (χ1v) is 7.84. The molecule has 0 spiro atoms. The fourth-order valence-corrected chi connectivity index (χ4v) is 3.45. The minimum absolute atomic E-state index is 0.807. The van der Waals surface area contributed by atoms with Crippen molar-refractivity contribution in [2.24, 2.45) is 5.92 Å². The molecule has 0 bridgehead atoms. The van der Waals surface area contributed by atoms with Gasteiger partial charge >= 0.3 is 0 Å². The van der Waals surface area contributed by atoms with Gasteiger partial charge < -0.3 is 10.2 Å². The van der Waals surface area contributed by atoms with Crippen LogP contribution in [0.25, 0.3) is 0 Å². The number of piperidine rings is 1. The van der Waals surface area contributed by atoms with Gasteiger partial charge in [0.2, 0.25) is 0 Å². The molecule has 1 heterocycles. The normalized spacial score (nSPS) is 24.5. The number of hydrogen-bond donors (Lipinski definition) is 1. The van der Waals surface area contributed by atoms with E-state index in [4.69, 9.17) is 0 Å². The molecule has 1 aliphatic carbocycles. The molecule has 0 amide bonds. The van der Waals surface area contributed by atoms with Crippen LogP contribution in [0, 0.1) is 5.92 Å². The Kier molecular flexibility index (Phi) is 5.79. The van der Waals surface area contributed by atoms with Crippen LogP contribution >= 0.6 is 0 Å². The molecule has 2 heteroatoms. The van der Waals surface area contributed by atoms with Crippen molar-refractivity contribution < 1.29 is 0 Å². The van der Waals surface area contributed by atoms with Gasteiger partial charge in [-0.2, -0.15) is 0 Å². The van der Waals surface area contributed by atoms with Crippen LogP contribution in [-0.2, 0) is 0 Å². The van der Waals surface area contributed by atoms with Gasteiger partial charge in [-0.15, -0.1) is 0 Å². The van der Waals surface area contributed by atoms with Crippen LogP contribution in [0.5, 0.6) is 0 Å². The summed E-state index contributed by atoms with van der Waals surface area (Å²) >= 11 is 0. The Labute approximate surface area is 107 Å². The Morgan fingerprint density at radius 1 is 1.06 bits per heavy atom. The maximum atomic E-state index is 3.76. The van der Waals surface area contributed by atoms with E-state index in [1.165, 1.54) is 77.5 Å². The van der Waals surface area contributed by atoms with E-state index in [2.05, 4.69) is 17.1 Å². The third-order valence-electron chi connectivity index (χ3n) is 4.73. The smallest absolute Gasteiger partial charge is 0.00914 e. The zero-order valence-electron chi connectivity index (χ0n) is 11.6. The van der Waals surface area contributed by atoms with Gasteiger partial charge in [0.1, 0.15) is 0 Å². The van der Waals surface area contributed by atoms with Crippen molar-refractivity contribution in [3.8, 4) is 0 Å². The highest BCUT2D eigenvalue weighted by Gasteiger charge is 2.18. The highest BCUT2D eigenvalue weighted by Crippen LogP contribution is 2.28. The zero-order chi connectivity index (χ0) is 11.9. The molecular weight excluding hydrogens is 208 g/mol. The number of rotatable bonds is 6. The van der Waals surface area contributed by atoms with E-state index in [0.717, 1.165) is 12.0 Å². The van der Waals surface area contributed by atoms with E-state index in [1.807, 2.05) is 0 Å². The zero-order valence-corrected chi connectivity index (χ0v) is 11.6. The first-order chi connectivity index (χ1) is 8.38. The lowest BCUT2D eigenvalue weighted by Gasteiger charge is -2.31. The standard InChI is InChI=1S/C15H30N2/c1-2-17-12-9-15(10-13-17)16-11-5-8-14-6-3-4-7-14/h14-16H,2-13H2,1H3. The van der Waals surface area contributed by atoms with E-state index in [9.17, 15) is 0 Å². The summed E-state index contributed by atoms with van der Waals surface area (Å²) in [6.45, 7) is 7.37. The molecule has 2 fully saturated rings. The van der Waals surface area contributed by atoms with E-state index < -0.39 is 0 Å². The molecule has 2 rings (SSSR count). The quantitative estimate of drug-likeness (QED) is 0.716. The molecule has 100 valence electrons. The summed E-state index contributed by atoms with van der Waals surface area (Å²) in [5.74, 6) is 1.07. The van der Waals surface area contributed by atoms with E-state index in [0.29, 0.717) is 0 Å². The molecule has 0 atom stereocenters. The summed E-state index contributed by atoms with van der Waals surface area (Å²) in [6, 6.07) is 0.807. The fraction of sp³-hybridized carbons (Fsp3) is 1.00. The summed E-state index contributed by atoms with van der Waals surface area (Å²) in [5, 5.41) is 3.76. The monoisotopic (exact) mass is 238 g/mol. The van der Waals surface area contributed by atoms with Crippen LogP contribution in [0.3, 0.4) is 0 Å².